The Hall–Kier alpha value is -0.470. The highest BCUT2D eigenvalue weighted by Crippen LogP contribution is 2.40. The van der Waals surface area contributed by atoms with Crippen molar-refractivity contribution in [2.24, 2.45) is 5.73 Å². The summed E-state index contributed by atoms with van der Waals surface area (Å²) in [7, 11) is 0. The van der Waals surface area contributed by atoms with Crippen molar-refractivity contribution in [1.82, 2.24) is 0 Å². The van der Waals surface area contributed by atoms with Crippen LogP contribution in [0.4, 0.5) is 0 Å². The number of fused-ring (bicyclic) bond motifs is 1. The molecule has 1 aromatic rings. The van der Waals surface area contributed by atoms with E-state index in [9.17, 15) is 0 Å². The molecule has 0 bridgehead atoms. The van der Waals surface area contributed by atoms with Crippen molar-refractivity contribution in [3.8, 4) is 0 Å². The Kier molecular flexibility index (Phi) is 2.58. The first-order chi connectivity index (χ1) is 6.61. The second-order valence-corrected chi connectivity index (χ2v) is 4.88. The molecule has 3 heteroatoms. The Morgan fingerprint density at radius 2 is 2.21 bits per heavy atom. The minimum absolute atomic E-state index is 0.477. The number of nitrogens with two attached hydrogens (primary N) is 1. The predicted molar refractivity (Wildman–Crippen MR) is 64.3 cm³/mol. The molecular weight excluding hydrogens is 261 g/mol. The van der Waals surface area contributed by atoms with Crippen molar-refractivity contribution >= 4 is 33.2 Å². The summed E-state index contributed by atoms with van der Waals surface area (Å²) in [6.45, 7) is 2.18. The molecule has 1 atom stereocenters. The first-order valence-electron chi connectivity index (χ1n) is 4.55. The molecule has 0 spiro atoms. The third kappa shape index (κ3) is 1.47. The smallest absolute Gasteiger partial charge is 0.0502 e. The van der Waals surface area contributed by atoms with Crippen LogP contribution in [0.2, 0.25) is 5.02 Å². The number of halogens is 2. The summed E-state index contributed by atoms with van der Waals surface area (Å²) in [4.78, 5) is 0. The molecule has 0 radical (unpaired) electrons. The number of benzene rings is 1. The first-order valence-corrected chi connectivity index (χ1v) is 5.72. The summed E-state index contributed by atoms with van der Waals surface area (Å²) >= 11 is 9.68. The van der Waals surface area contributed by atoms with Gasteiger partial charge in [0, 0.05) is 15.7 Å². The second-order valence-electron chi connectivity index (χ2n) is 3.61. The maximum atomic E-state index is 6.13. The summed E-state index contributed by atoms with van der Waals surface area (Å²) < 4.78 is 1.10. The second kappa shape index (κ2) is 3.59. The fourth-order valence-corrected chi connectivity index (χ4v) is 2.86. The highest BCUT2D eigenvalue weighted by atomic mass is 79.9. The van der Waals surface area contributed by atoms with Crippen molar-refractivity contribution < 1.29 is 0 Å². The van der Waals surface area contributed by atoms with E-state index in [1.807, 2.05) is 18.2 Å². The minimum atomic E-state index is 0.477. The van der Waals surface area contributed by atoms with E-state index in [0.717, 1.165) is 27.2 Å². The van der Waals surface area contributed by atoms with Gasteiger partial charge in [-0.2, -0.15) is 0 Å². The van der Waals surface area contributed by atoms with E-state index in [4.69, 9.17) is 17.3 Å². The molecule has 1 aliphatic carbocycles. The van der Waals surface area contributed by atoms with Crippen LogP contribution in [0.5, 0.6) is 0 Å². The predicted octanol–water partition coefficient (Wildman–Crippen LogP) is 3.91. The van der Waals surface area contributed by atoms with Crippen molar-refractivity contribution in [3.63, 3.8) is 0 Å². The molecule has 0 heterocycles. The molecule has 0 fully saturated rings. The SMILES string of the molecule is CC1CC=C(N)c2c(Cl)ccc(Br)c21. The standard InChI is InChI=1S/C11H11BrClN/c1-6-2-5-9(14)11-8(13)4-3-7(12)10(6)11/h3-6H,2,14H2,1H3. The average molecular weight is 273 g/mol. The molecule has 0 aliphatic heterocycles. The summed E-state index contributed by atoms with van der Waals surface area (Å²) in [5.74, 6) is 0.477. The molecule has 1 unspecified atom stereocenters. The van der Waals surface area contributed by atoms with Crippen LogP contribution in [0.1, 0.15) is 30.4 Å². The molecule has 2 N–H and O–H groups in total. The van der Waals surface area contributed by atoms with E-state index < -0.39 is 0 Å². The topological polar surface area (TPSA) is 26.0 Å². The van der Waals surface area contributed by atoms with Crippen LogP contribution in [-0.4, -0.2) is 0 Å². The lowest BCUT2D eigenvalue weighted by atomic mass is 9.87. The lowest BCUT2D eigenvalue weighted by molar-refractivity contribution is 0.762. The normalized spacial score (nSPS) is 20.2. The third-order valence-corrected chi connectivity index (χ3v) is 3.62. The number of hydrogen-bond donors (Lipinski definition) is 1. The van der Waals surface area contributed by atoms with Crippen molar-refractivity contribution in [1.29, 1.82) is 0 Å². The zero-order valence-corrected chi connectivity index (χ0v) is 10.2. The van der Waals surface area contributed by atoms with Crippen LogP contribution in [-0.2, 0) is 0 Å². The Labute approximate surface area is 97.1 Å². The maximum Gasteiger partial charge on any atom is 0.0502 e. The zero-order valence-electron chi connectivity index (χ0n) is 7.85. The van der Waals surface area contributed by atoms with Crippen molar-refractivity contribution in [3.05, 3.63) is 38.8 Å². The van der Waals surface area contributed by atoms with Crippen LogP contribution in [0, 0.1) is 0 Å². The summed E-state index contributed by atoms with van der Waals surface area (Å²) in [6, 6.07) is 3.86. The Balaban J connectivity index is 2.74. The maximum absolute atomic E-state index is 6.13. The minimum Gasteiger partial charge on any atom is -0.398 e. The van der Waals surface area contributed by atoms with Crippen molar-refractivity contribution in [2.45, 2.75) is 19.3 Å². The van der Waals surface area contributed by atoms with Crippen molar-refractivity contribution in [2.75, 3.05) is 0 Å². The summed E-state index contributed by atoms with van der Waals surface area (Å²) in [5.41, 5.74) is 8.96. The zero-order chi connectivity index (χ0) is 10.3. The van der Waals surface area contributed by atoms with Crippen LogP contribution >= 0.6 is 27.5 Å². The van der Waals surface area contributed by atoms with Gasteiger partial charge in [0.25, 0.3) is 0 Å². The van der Waals surface area contributed by atoms with E-state index in [-0.39, 0.29) is 0 Å². The summed E-state index contributed by atoms with van der Waals surface area (Å²) in [5, 5.41) is 0.739. The van der Waals surface area contributed by atoms with Crippen LogP contribution in [0.15, 0.2) is 22.7 Å². The largest absolute Gasteiger partial charge is 0.398 e. The lowest BCUT2D eigenvalue weighted by Gasteiger charge is -2.23. The number of allylic oxidation sites excluding steroid dienone is 1. The van der Waals surface area contributed by atoms with Gasteiger partial charge in [-0.05, 0) is 30.0 Å². The van der Waals surface area contributed by atoms with Gasteiger partial charge in [-0.1, -0.05) is 40.5 Å². The van der Waals surface area contributed by atoms with Crippen LogP contribution < -0.4 is 5.73 Å². The van der Waals surface area contributed by atoms with E-state index in [0.29, 0.717) is 5.92 Å². The van der Waals surface area contributed by atoms with Crippen LogP contribution in [0.3, 0.4) is 0 Å². The molecule has 0 aromatic heterocycles. The fourth-order valence-electron chi connectivity index (χ4n) is 1.87. The Bertz CT molecular complexity index is 412. The molecule has 1 aliphatic rings. The van der Waals surface area contributed by atoms with E-state index in [1.165, 1.54) is 5.56 Å². The molecule has 0 saturated heterocycles. The quantitative estimate of drug-likeness (QED) is 0.761. The molecule has 0 saturated carbocycles. The van der Waals surface area contributed by atoms with Gasteiger partial charge in [0.05, 0.1) is 5.02 Å². The molecule has 14 heavy (non-hydrogen) atoms. The summed E-state index contributed by atoms with van der Waals surface area (Å²) in [6.07, 6.45) is 3.03. The van der Waals surface area contributed by atoms with Gasteiger partial charge in [0.1, 0.15) is 0 Å². The number of rotatable bonds is 0. The van der Waals surface area contributed by atoms with Gasteiger partial charge < -0.3 is 5.73 Å². The Morgan fingerprint density at radius 3 is 2.86 bits per heavy atom. The third-order valence-electron chi connectivity index (χ3n) is 2.61. The van der Waals surface area contributed by atoms with Gasteiger partial charge in [-0.25, -0.2) is 0 Å². The van der Waals surface area contributed by atoms with Gasteiger partial charge in [0.15, 0.2) is 0 Å². The van der Waals surface area contributed by atoms with Gasteiger partial charge >= 0.3 is 0 Å². The molecular formula is C11H11BrClN. The van der Waals surface area contributed by atoms with E-state index >= 15 is 0 Å². The lowest BCUT2D eigenvalue weighted by Crippen LogP contribution is -2.10. The molecule has 1 nitrogen and oxygen atoms in total. The highest BCUT2D eigenvalue weighted by Gasteiger charge is 2.21. The van der Waals surface area contributed by atoms with E-state index in [1.54, 1.807) is 0 Å². The molecule has 0 amide bonds. The van der Waals surface area contributed by atoms with Gasteiger partial charge in [0.2, 0.25) is 0 Å². The van der Waals surface area contributed by atoms with Gasteiger partial charge in [-0.15, -0.1) is 0 Å². The fraction of sp³-hybridized carbons (Fsp3) is 0.273. The van der Waals surface area contributed by atoms with E-state index in [2.05, 4.69) is 22.9 Å². The highest BCUT2D eigenvalue weighted by molar-refractivity contribution is 9.10. The molecule has 1 aromatic carbocycles. The van der Waals surface area contributed by atoms with Gasteiger partial charge in [-0.3, -0.25) is 0 Å². The number of hydrogen-bond acceptors (Lipinski definition) is 1. The van der Waals surface area contributed by atoms with Crippen LogP contribution in [0.25, 0.3) is 5.70 Å². The molecule has 2 rings (SSSR count). The monoisotopic (exact) mass is 271 g/mol. The first kappa shape index (κ1) is 10.1. The Morgan fingerprint density at radius 1 is 1.50 bits per heavy atom. The molecule has 74 valence electrons. The average Bonchev–Trinajstić information content (AvgIpc) is 2.16.